The molecule has 202 valence electrons. The van der Waals surface area contributed by atoms with Crippen LogP contribution in [0.3, 0.4) is 0 Å². The molecule has 10 nitrogen and oxygen atoms in total. The van der Waals surface area contributed by atoms with Crippen molar-refractivity contribution in [1.29, 1.82) is 0 Å². The molecule has 4 aromatic heterocycles. The van der Waals surface area contributed by atoms with Crippen molar-refractivity contribution in [2.24, 2.45) is 0 Å². The van der Waals surface area contributed by atoms with E-state index in [1.807, 2.05) is 0 Å². The topological polar surface area (TPSA) is 101 Å². The number of aromatic nitrogens is 7. The van der Waals surface area contributed by atoms with E-state index >= 15 is 0 Å². The summed E-state index contributed by atoms with van der Waals surface area (Å²) in [5.74, 6) is -1.98. The van der Waals surface area contributed by atoms with E-state index in [-0.39, 0.29) is 37.0 Å². The predicted molar refractivity (Wildman–Crippen MR) is 129 cm³/mol. The third-order valence-electron chi connectivity index (χ3n) is 7.17. The zero-order valence-electron chi connectivity index (χ0n) is 20.3. The summed E-state index contributed by atoms with van der Waals surface area (Å²) in [4.78, 5) is 10.8. The molecule has 1 aliphatic heterocycles. The minimum atomic E-state index is -2.64. The highest BCUT2D eigenvalue weighted by Crippen LogP contribution is 2.41. The molecule has 0 aromatic carbocycles. The Hall–Kier alpha value is -3.62. The molecule has 38 heavy (non-hydrogen) atoms. The molecule has 0 radical (unpaired) electrons. The lowest BCUT2D eigenvalue weighted by atomic mass is 9.85. The highest BCUT2D eigenvalue weighted by molar-refractivity contribution is 5.89. The van der Waals surface area contributed by atoms with E-state index in [1.165, 1.54) is 0 Å². The molecular formula is C23H25F5N10. The number of nitrogens with one attached hydrogen (secondary N) is 2. The number of pyridine rings is 1. The second-order valence-electron chi connectivity index (χ2n) is 9.73. The molecule has 5 heterocycles. The van der Waals surface area contributed by atoms with Crippen molar-refractivity contribution < 1.29 is 22.0 Å². The zero-order chi connectivity index (χ0) is 26.6. The van der Waals surface area contributed by atoms with Crippen molar-refractivity contribution in [3.8, 4) is 11.3 Å². The van der Waals surface area contributed by atoms with E-state index in [1.54, 1.807) is 40.9 Å². The molecule has 4 aromatic rings. The average molecular weight is 537 g/mol. The summed E-state index contributed by atoms with van der Waals surface area (Å²) >= 11 is 0. The Labute approximate surface area is 213 Å². The first kappa shape index (κ1) is 24.7. The maximum atomic E-state index is 15.0. The smallest absolute Gasteiger partial charge is 0.258 e. The number of rotatable bonds is 7. The number of hydrogen-bond donors (Lipinski definition) is 2. The fourth-order valence-corrected chi connectivity index (χ4v) is 5.20. The number of likely N-dealkylation sites (tertiary alicyclic amines) is 1. The van der Waals surface area contributed by atoms with Crippen LogP contribution in [0.5, 0.6) is 0 Å². The van der Waals surface area contributed by atoms with Crippen molar-refractivity contribution in [3.05, 3.63) is 24.4 Å². The van der Waals surface area contributed by atoms with Crippen LogP contribution in [-0.4, -0.2) is 90.2 Å². The van der Waals surface area contributed by atoms with E-state index in [0.29, 0.717) is 41.1 Å². The van der Waals surface area contributed by atoms with E-state index in [4.69, 9.17) is 0 Å². The van der Waals surface area contributed by atoms with Crippen molar-refractivity contribution in [1.82, 2.24) is 39.5 Å². The Morgan fingerprint density at radius 3 is 2.68 bits per heavy atom. The monoisotopic (exact) mass is 536 g/mol. The van der Waals surface area contributed by atoms with Crippen LogP contribution in [0.15, 0.2) is 24.4 Å². The summed E-state index contributed by atoms with van der Waals surface area (Å²) in [5, 5.41) is 18.2. The second-order valence-corrected chi connectivity index (χ2v) is 9.73. The first-order valence-electron chi connectivity index (χ1n) is 12.3. The third kappa shape index (κ3) is 4.48. The number of halogens is 5. The average Bonchev–Trinajstić information content (AvgIpc) is 3.47. The fraction of sp³-hybridized carbons (Fsp3) is 0.522. The van der Waals surface area contributed by atoms with Gasteiger partial charge in [-0.25, -0.2) is 36.1 Å². The molecule has 0 unspecified atom stereocenters. The molecule has 0 bridgehead atoms. The minimum absolute atomic E-state index is 0.0817. The Kier molecular flexibility index (Phi) is 6.04. The summed E-state index contributed by atoms with van der Waals surface area (Å²) in [6, 6.07) is 4.31. The van der Waals surface area contributed by atoms with Gasteiger partial charge in [-0.2, -0.15) is 4.98 Å². The number of hydrogen-bond acceptors (Lipinski definition) is 8. The van der Waals surface area contributed by atoms with Crippen LogP contribution >= 0.6 is 0 Å². The van der Waals surface area contributed by atoms with Gasteiger partial charge in [0.05, 0.1) is 11.7 Å². The quantitative estimate of drug-likeness (QED) is 0.347. The van der Waals surface area contributed by atoms with Gasteiger partial charge in [0.15, 0.2) is 11.5 Å². The summed E-state index contributed by atoms with van der Waals surface area (Å²) in [5.41, 5.74) is 2.37. The van der Waals surface area contributed by atoms with Crippen LogP contribution in [0.2, 0.25) is 0 Å². The van der Waals surface area contributed by atoms with Crippen LogP contribution in [0.25, 0.3) is 27.9 Å². The number of piperidine rings is 1. The van der Waals surface area contributed by atoms with Gasteiger partial charge in [0.1, 0.15) is 23.7 Å². The van der Waals surface area contributed by atoms with Gasteiger partial charge in [-0.1, -0.05) is 5.21 Å². The molecule has 1 saturated carbocycles. The molecule has 0 amide bonds. The summed E-state index contributed by atoms with van der Waals surface area (Å²) in [6.45, 7) is -0.0257. The first-order valence-corrected chi connectivity index (χ1v) is 12.3. The molecule has 1 aliphatic carbocycles. The zero-order valence-corrected chi connectivity index (χ0v) is 20.3. The van der Waals surface area contributed by atoms with E-state index in [0.717, 1.165) is 4.68 Å². The van der Waals surface area contributed by atoms with Crippen LogP contribution in [0.4, 0.5) is 33.7 Å². The maximum Gasteiger partial charge on any atom is 0.258 e. The molecule has 2 aliphatic rings. The number of nitrogens with zero attached hydrogens (tertiary/aromatic N) is 8. The Balaban J connectivity index is 1.24. The molecule has 0 spiro atoms. The van der Waals surface area contributed by atoms with Crippen LogP contribution in [0.1, 0.15) is 19.3 Å². The van der Waals surface area contributed by atoms with Crippen LogP contribution in [-0.2, 0) is 6.54 Å². The lowest BCUT2D eigenvalue weighted by Crippen LogP contribution is -2.57. The summed E-state index contributed by atoms with van der Waals surface area (Å²) in [6.07, 6.45) is -2.17. The number of fused-ring (bicyclic) bond motifs is 2. The number of alkyl halides is 5. The predicted octanol–water partition coefficient (Wildman–Crippen LogP) is 3.46. The van der Waals surface area contributed by atoms with E-state index in [9.17, 15) is 22.0 Å². The van der Waals surface area contributed by atoms with Crippen molar-refractivity contribution in [2.45, 2.75) is 56.4 Å². The van der Waals surface area contributed by atoms with Gasteiger partial charge in [0, 0.05) is 50.8 Å². The Morgan fingerprint density at radius 2 is 1.97 bits per heavy atom. The molecular weight excluding hydrogens is 511 g/mol. The van der Waals surface area contributed by atoms with Gasteiger partial charge >= 0.3 is 0 Å². The van der Waals surface area contributed by atoms with Gasteiger partial charge in [-0.15, -0.1) is 10.2 Å². The minimum Gasteiger partial charge on any atom is -0.371 e. The standard InChI is InChI=1S/C23H25F5N10/c1-29-20-19-13(15-2-3-17-21(30-15)38(35-33-17)11-18(25)26)4-7-37(19)34-22(32-20)31-16-5-6-36(10-14(16)24)12-8-23(27,28)9-12/h2-4,7,12,14,16,18H,5-6,8-11H2,1H3,(H2,29,31,32,34)/t14-,16+/m1/s1. The molecule has 2 atom stereocenters. The van der Waals surface area contributed by atoms with E-state index < -0.39 is 31.1 Å². The van der Waals surface area contributed by atoms with Gasteiger partial charge in [0.2, 0.25) is 5.95 Å². The van der Waals surface area contributed by atoms with Gasteiger partial charge in [-0.3, -0.25) is 4.90 Å². The normalized spacial score (nSPS) is 22.3. The molecule has 2 fully saturated rings. The molecule has 6 rings (SSSR count). The summed E-state index contributed by atoms with van der Waals surface area (Å²) < 4.78 is 70.0. The van der Waals surface area contributed by atoms with Gasteiger partial charge < -0.3 is 10.6 Å². The fourth-order valence-electron chi connectivity index (χ4n) is 5.20. The van der Waals surface area contributed by atoms with Crippen molar-refractivity contribution >= 4 is 28.4 Å². The second kappa shape index (κ2) is 9.29. The lowest BCUT2D eigenvalue weighted by molar-refractivity contribution is -0.131. The third-order valence-corrected chi connectivity index (χ3v) is 7.17. The first-order chi connectivity index (χ1) is 18.2. The Morgan fingerprint density at radius 1 is 1.16 bits per heavy atom. The molecule has 1 saturated heterocycles. The SMILES string of the molecule is CNc1nc(N[C@H]2CCN(C3CC(F)(F)C3)C[C@H]2F)nn2ccc(-c3ccc4nnn(CC(F)F)c4n3)c12. The summed E-state index contributed by atoms with van der Waals surface area (Å²) in [7, 11) is 1.69. The maximum absolute atomic E-state index is 15.0. The molecule has 2 N–H and O–H groups in total. The highest BCUT2D eigenvalue weighted by Gasteiger charge is 2.49. The van der Waals surface area contributed by atoms with Crippen molar-refractivity contribution in [2.75, 3.05) is 30.8 Å². The number of anilines is 2. The van der Waals surface area contributed by atoms with Gasteiger partial charge in [-0.05, 0) is 24.6 Å². The Bertz CT molecular complexity index is 1460. The van der Waals surface area contributed by atoms with E-state index in [2.05, 4.69) is 36.0 Å². The lowest BCUT2D eigenvalue weighted by Gasteiger charge is -2.46. The molecule has 15 heteroatoms. The van der Waals surface area contributed by atoms with Crippen LogP contribution < -0.4 is 10.6 Å². The van der Waals surface area contributed by atoms with Crippen LogP contribution in [0, 0.1) is 0 Å². The van der Waals surface area contributed by atoms with Crippen molar-refractivity contribution in [3.63, 3.8) is 0 Å². The van der Waals surface area contributed by atoms with Gasteiger partial charge in [0.25, 0.3) is 12.3 Å². The largest absolute Gasteiger partial charge is 0.371 e. The highest BCUT2D eigenvalue weighted by atomic mass is 19.3.